The van der Waals surface area contributed by atoms with E-state index in [-0.39, 0.29) is 11.3 Å². The third-order valence-electron chi connectivity index (χ3n) is 6.33. The van der Waals surface area contributed by atoms with Crippen molar-refractivity contribution in [3.05, 3.63) is 74.2 Å². The predicted octanol–water partition coefficient (Wildman–Crippen LogP) is 4.47. The molecule has 4 rings (SSSR count). The number of para-hydroxylation sites is 1. The summed E-state index contributed by atoms with van der Waals surface area (Å²) in [6.07, 6.45) is -1.54. The van der Waals surface area contributed by atoms with Crippen LogP contribution in [0.5, 0.6) is 0 Å². The van der Waals surface area contributed by atoms with Gasteiger partial charge in [-0.1, -0.05) is 47.1 Å². The molecular weight excluding hydrogens is 478 g/mol. The Morgan fingerprint density at radius 3 is 2.28 bits per heavy atom. The Kier molecular flexibility index (Phi) is 4.78. The van der Waals surface area contributed by atoms with Crippen molar-refractivity contribution in [2.75, 3.05) is 0 Å². The SMILES string of the molecule is CC1C2(c3ccc(Br)cc3)OC(=N)C1(C#N)C(C#N)(C#N)C(c1ccccc1[N+](=O)[O-])O2. The smallest absolute Gasteiger partial charge is 0.275 e. The van der Waals surface area contributed by atoms with Crippen LogP contribution < -0.4 is 0 Å². The molecule has 0 amide bonds. The number of halogens is 1. The van der Waals surface area contributed by atoms with Gasteiger partial charge in [0.2, 0.25) is 17.1 Å². The fourth-order valence-corrected chi connectivity index (χ4v) is 4.97. The standard InChI is InChI=1S/C22H14BrN5O4/c1-13-21(12-26)19(27)32-22(13,14-6-8-15(23)9-7-14)31-18(20(21,10-24)11-25)16-4-2-3-5-17(16)28(29)30/h2-9,13,18,27H,1H3. The Labute approximate surface area is 191 Å². The van der Waals surface area contributed by atoms with Gasteiger partial charge in [0, 0.05) is 16.1 Å². The molecule has 2 aliphatic heterocycles. The van der Waals surface area contributed by atoms with Crippen LogP contribution in [-0.4, -0.2) is 10.8 Å². The van der Waals surface area contributed by atoms with Crippen LogP contribution in [0.2, 0.25) is 0 Å². The Bertz CT molecular complexity index is 1260. The highest BCUT2D eigenvalue weighted by Crippen LogP contribution is 2.69. The minimum absolute atomic E-state index is 0.0492. The van der Waals surface area contributed by atoms with Crippen LogP contribution in [0.15, 0.2) is 53.0 Å². The van der Waals surface area contributed by atoms with Crippen molar-refractivity contribution in [1.82, 2.24) is 0 Å². The summed E-state index contributed by atoms with van der Waals surface area (Å²) >= 11 is 3.35. The van der Waals surface area contributed by atoms with Gasteiger partial charge in [-0.2, -0.15) is 15.8 Å². The lowest BCUT2D eigenvalue weighted by atomic mass is 9.53. The maximum absolute atomic E-state index is 11.7. The molecule has 2 fully saturated rings. The third kappa shape index (κ3) is 2.41. The van der Waals surface area contributed by atoms with E-state index in [1.54, 1.807) is 31.2 Å². The number of nitro benzene ring substituents is 1. The number of fused-ring (bicyclic) bond motifs is 2. The van der Waals surface area contributed by atoms with E-state index in [2.05, 4.69) is 15.9 Å². The molecule has 2 aromatic rings. The van der Waals surface area contributed by atoms with Crippen LogP contribution in [0, 0.1) is 66.3 Å². The number of nitrogens with one attached hydrogen (secondary N) is 1. The molecule has 2 aromatic carbocycles. The Hall–Kier alpha value is -3.78. The lowest BCUT2D eigenvalue weighted by Gasteiger charge is -2.48. The molecule has 2 bridgehead atoms. The highest BCUT2D eigenvalue weighted by Gasteiger charge is 2.80. The minimum Gasteiger partial charge on any atom is -0.443 e. The van der Waals surface area contributed by atoms with E-state index < -0.39 is 39.5 Å². The summed E-state index contributed by atoms with van der Waals surface area (Å²) in [5.74, 6) is -3.24. The number of benzene rings is 2. The highest BCUT2D eigenvalue weighted by atomic mass is 79.9. The molecule has 1 N–H and O–H groups in total. The van der Waals surface area contributed by atoms with E-state index in [0.717, 1.165) is 4.47 Å². The van der Waals surface area contributed by atoms with E-state index in [4.69, 9.17) is 14.9 Å². The molecule has 158 valence electrons. The molecular formula is C22H14BrN5O4. The van der Waals surface area contributed by atoms with Crippen molar-refractivity contribution in [2.24, 2.45) is 16.7 Å². The first-order chi connectivity index (χ1) is 15.2. The van der Waals surface area contributed by atoms with Gasteiger partial charge in [0.05, 0.1) is 34.6 Å². The van der Waals surface area contributed by atoms with Gasteiger partial charge in [-0.05, 0) is 18.2 Å². The first-order valence-corrected chi connectivity index (χ1v) is 10.2. The quantitative estimate of drug-likeness (QED) is 0.489. The molecule has 0 aromatic heterocycles. The van der Waals surface area contributed by atoms with Gasteiger partial charge in [0.1, 0.15) is 6.10 Å². The third-order valence-corrected chi connectivity index (χ3v) is 6.86. The van der Waals surface area contributed by atoms with E-state index in [0.29, 0.717) is 5.56 Å². The average Bonchev–Trinajstić information content (AvgIpc) is 2.95. The predicted molar refractivity (Wildman–Crippen MR) is 112 cm³/mol. The number of nitriles is 3. The van der Waals surface area contributed by atoms with Crippen molar-refractivity contribution in [3.63, 3.8) is 0 Å². The van der Waals surface area contributed by atoms with Gasteiger partial charge in [-0.3, -0.25) is 15.5 Å². The molecule has 0 aliphatic carbocycles. The van der Waals surface area contributed by atoms with Crippen molar-refractivity contribution in [3.8, 4) is 18.2 Å². The van der Waals surface area contributed by atoms with Gasteiger partial charge in [-0.15, -0.1) is 0 Å². The van der Waals surface area contributed by atoms with Crippen LogP contribution in [0.3, 0.4) is 0 Å². The molecule has 32 heavy (non-hydrogen) atoms. The second kappa shape index (κ2) is 7.13. The lowest BCUT2D eigenvalue weighted by Crippen LogP contribution is -2.57. The van der Waals surface area contributed by atoms with Crippen molar-refractivity contribution in [2.45, 2.75) is 18.8 Å². The number of ether oxygens (including phenoxy) is 2. The van der Waals surface area contributed by atoms with E-state index in [9.17, 15) is 25.9 Å². The number of nitrogens with zero attached hydrogens (tertiary/aromatic N) is 4. The Balaban J connectivity index is 2.08. The highest BCUT2D eigenvalue weighted by molar-refractivity contribution is 9.10. The molecule has 2 aliphatic rings. The first-order valence-electron chi connectivity index (χ1n) is 9.43. The van der Waals surface area contributed by atoms with E-state index in [1.807, 2.05) is 18.2 Å². The van der Waals surface area contributed by atoms with Crippen LogP contribution in [0.25, 0.3) is 0 Å². The summed E-state index contributed by atoms with van der Waals surface area (Å²) in [7, 11) is 0. The van der Waals surface area contributed by atoms with Gasteiger partial charge in [-0.25, -0.2) is 0 Å². The molecule has 4 unspecified atom stereocenters. The second-order valence-electron chi connectivity index (χ2n) is 7.59. The number of hydrogen-bond acceptors (Lipinski definition) is 8. The van der Waals surface area contributed by atoms with Gasteiger partial charge >= 0.3 is 0 Å². The monoisotopic (exact) mass is 491 g/mol. The molecule has 4 atom stereocenters. The van der Waals surface area contributed by atoms with Crippen molar-refractivity contribution < 1.29 is 14.4 Å². The summed E-state index contributed by atoms with van der Waals surface area (Å²) in [6.45, 7) is 1.58. The molecule has 2 heterocycles. The summed E-state index contributed by atoms with van der Waals surface area (Å²) in [5.41, 5.74) is -4.28. The van der Waals surface area contributed by atoms with Crippen molar-refractivity contribution in [1.29, 1.82) is 21.2 Å². The Morgan fingerprint density at radius 2 is 1.72 bits per heavy atom. The lowest BCUT2D eigenvalue weighted by molar-refractivity contribution is -0.387. The maximum atomic E-state index is 11.7. The zero-order valence-corrected chi connectivity index (χ0v) is 18.2. The zero-order valence-electron chi connectivity index (χ0n) is 16.6. The van der Waals surface area contributed by atoms with Crippen molar-refractivity contribution >= 4 is 27.5 Å². The topological polar surface area (TPSA) is 157 Å². The Morgan fingerprint density at radius 1 is 1.09 bits per heavy atom. The van der Waals surface area contributed by atoms with Gasteiger partial charge in [0.25, 0.3) is 5.69 Å². The number of rotatable bonds is 3. The average molecular weight is 492 g/mol. The molecule has 0 radical (unpaired) electrons. The van der Waals surface area contributed by atoms with E-state index >= 15 is 0 Å². The first kappa shape index (κ1) is 21.5. The fourth-order valence-electron chi connectivity index (χ4n) is 4.70. The summed E-state index contributed by atoms with van der Waals surface area (Å²) in [5, 5.41) is 51.0. The maximum Gasteiger partial charge on any atom is 0.275 e. The summed E-state index contributed by atoms with van der Waals surface area (Å²) < 4.78 is 12.9. The van der Waals surface area contributed by atoms with Crippen LogP contribution >= 0.6 is 15.9 Å². The molecule has 2 saturated heterocycles. The van der Waals surface area contributed by atoms with Crippen LogP contribution in [-0.2, 0) is 15.3 Å². The molecule has 10 heteroatoms. The number of hydrogen-bond donors (Lipinski definition) is 1. The number of nitro groups is 1. The molecule has 9 nitrogen and oxygen atoms in total. The normalized spacial score (nSPS) is 29.8. The van der Waals surface area contributed by atoms with Crippen LogP contribution in [0.1, 0.15) is 24.2 Å². The minimum atomic E-state index is -2.28. The van der Waals surface area contributed by atoms with Gasteiger partial charge in [0.15, 0.2) is 5.41 Å². The van der Waals surface area contributed by atoms with Gasteiger partial charge < -0.3 is 9.47 Å². The molecule has 0 spiro atoms. The van der Waals surface area contributed by atoms with E-state index in [1.165, 1.54) is 24.3 Å². The zero-order chi connectivity index (χ0) is 23.3. The molecule has 0 saturated carbocycles. The summed E-state index contributed by atoms with van der Waals surface area (Å²) in [6, 6.07) is 18.1. The van der Waals surface area contributed by atoms with Crippen LogP contribution in [0.4, 0.5) is 5.69 Å². The fraction of sp³-hybridized carbons (Fsp3) is 0.273. The second-order valence-corrected chi connectivity index (χ2v) is 8.51. The summed E-state index contributed by atoms with van der Waals surface area (Å²) in [4.78, 5) is 11.1. The largest absolute Gasteiger partial charge is 0.443 e.